The lowest BCUT2D eigenvalue weighted by molar-refractivity contribution is -0.142. The lowest BCUT2D eigenvalue weighted by Crippen LogP contribution is -2.41. The molecule has 0 amide bonds. The second-order valence-corrected chi connectivity index (χ2v) is 5.75. The first kappa shape index (κ1) is 14.5. The van der Waals surface area contributed by atoms with Gasteiger partial charge < -0.3 is 9.84 Å². The van der Waals surface area contributed by atoms with E-state index < -0.39 is 6.10 Å². The van der Waals surface area contributed by atoms with E-state index in [9.17, 15) is 5.11 Å². The molecule has 1 saturated carbocycles. The van der Waals surface area contributed by atoms with E-state index in [-0.39, 0.29) is 5.60 Å². The summed E-state index contributed by atoms with van der Waals surface area (Å²) in [6, 6.07) is 6.17. The van der Waals surface area contributed by atoms with Crippen LogP contribution in [0.5, 0.6) is 0 Å². The van der Waals surface area contributed by atoms with Crippen molar-refractivity contribution in [2.45, 2.75) is 64.6 Å². The van der Waals surface area contributed by atoms with E-state index in [2.05, 4.69) is 19.9 Å². The van der Waals surface area contributed by atoms with Gasteiger partial charge in [0.2, 0.25) is 0 Å². The van der Waals surface area contributed by atoms with Crippen LogP contribution in [-0.2, 0) is 4.74 Å². The van der Waals surface area contributed by atoms with Crippen molar-refractivity contribution in [1.29, 1.82) is 0 Å². The minimum Gasteiger partial charge on any atom is -0.385 e. The molecule has 1 N–H and O–H groups in total. The van der Waals surface area contributed by atoms with Crippen LogP contribution < -0.4 is 0 Å². The second kappa shape index (κ2) is 6.06. The van der Waals surface area contributed by atoms with Gasteiger partial charge in [-0.25, -0.2) is 0 Å². The monoisotopic (exact) mass is 262 g/mol. The maximum atomic E-state index is 10.9. The molecule has 2 heteroatoms. The Bertz CT molecular complexity index is 414. The van der Waals surface area contributed by atoms with E-state index in [0.717, 1.165) is 31.2 Å². The molecule has 2 nitrogen and oxygen atoms in total. The minimum atomic E-state index is -0.507. The van der Waals surface area contributed by atoms with Gasteiger partial charge in [-0.3, -0.25) is 0 Å². The SMILES string of the molecule is CCOC1(C(O)c2cccc(C)c2C)CCCCC1. The lowest BCUT2D eigenvalue weighted by Gasteiger charge is -2.41. The van der Waals surface area contributed by atoms with Crippen molar-refractivity contribution in [3.63, 3.8) is 0 Å². The molecule has 0 radical (unpaired) electrons. The van der Waals surface area contributed by atoms with Gasteiger partial charge in [-0.15, -0.1) is 0 Å². The Labute approximate surface area is 116 Å². The summed E-state index contributed by atoms with van der Waals surface area (Å²) >= 11 is 0. The predicted octanol–water partition coefficient (Wildman–Crippen LogP) is 4.08. The number of benzene rings is 1. The van der Waals surface area contributed by atoms with Gasteiger partial charge in [0.05, 0.1) is 5.60 Å². The molecule has 1 aromatic rings. The third kappa shape index (κ3) is 2.85. The zero-order valence-electron chi connectivity index (χ0n) is 12.4. The summed E-state index contributed by atoms with van der Waals surface area (Å²) in [5, 5.41) is 10.9. The molecule has 106 valence electrons. The highest BCUT2D eigenvalue weighted by Gasteiger charge is 2.41. The quantitative estimate of drug-likeness (QED) is 0.886. The van der Waals surface area contributed by atoms with Crippen molar-refractivity contribution in [3.8, 4) is 0 Å². The first-order chi connectivity index (χ1) is 9.10. The minimum absolute atomic E-state index is 0.369. The summed E-state index contributed by atoms with van der Waals surface area (Å²) in [5.74, 6) is 0. The van der Waals surface area contributed by atoms with Crippen LogP contribution in [0.25, 0.3) is 0 Å². The molecule has 1 aliphatic rings. The summed E-state index contributed by atoms with van der Waals surface area (Å²) < 4.78 is 6.03. The van der Waals surface area contributed by atoms with Gasteiger partial charge in [-0.1, -0.05) is 37.5 Å². The first-order valence-corrected chi connectivity index (χ1v) is 7.49. The smallest absolute Gasteiger partial charge is 0.108 e. The molecule has 19 heavy (non-hydrogen) atoms. The number of hydrogen-bond donors (Lipinski definition) is 1. The van der Waals surface area contributed by atoms with Crippen molar-refractivity contribution in [2.75, 3.05) is 6.61 Å². The van der Waals surface area contributed by atoms with E-state index in [1.54, 1.807) is 0 Å². The Morgan fingerprint density at radius 2 is 1.89 bits per heavy atom. The standard InChI is InChI=1S/C17H26O2/c1-4-19-17(11-6-5-7-12-17)16(18)15-10-8-9-13(2)14(15)3/h8-10,16,18H,4-7,11-12H2,1-3H3. The summed E-state index contributed by atoms with van der Waals surface area (Å²) in [6.07, 6.45) is 5.00. The van der Waals surface area contributed by atoms with Crippen LogP contribution in [0, 0.1) is 13.8 Å². The molecule has 0 saturated heterocycles. The maximum absolute atomic E-state index is 10.9. The second-order valence-electron chi connectivity index (χ2n) is 5.75. The zero-order chi connectivity index (χ0) is 13.9. The molecule has 0 aromatic heterocycles. The van der Waals surface area contributed by atoms with Crippen LogP contribution in [0.4, 0.5) is 0 Å². The molecule has 1 atom stereocenters. The van der Waals surface area contributed by atoms with Gasteiger partial charge in [-0.2, -0.15) is 0 Å². The maximum Gasteiger partial charge on any atom is 0.108 e. The van der Waals surface area contributed by atoms with Gasteiger partial charge in [0.15, 0.2) is 0 Å². The van der Waals surface area contributed by atoms with E-state index in [4.69, 9.17) is 4.74 Å². The molecular formula is C17H26O2. The fraction of sp³-hybridized carbons (Fsp3) is 0.647. The molecule has 2 rings (SSSR count). The summed E-state index contributed by atoms with van der Waals surface area (Å²) in [7, 11) is 0. The molecule has 1 unspecified atom stereocenters. The summed E-state index contributed by atoms with van der Waals surface area (Å²) in [5.41, 5.74) is 3.10. The van der Waals surface area contributed by atoms with Crippen LogP contribution in [0.2, 0.25) is 0 Å². The Hall–Kier alpha value is -0.860. The lowest BCUT2D eigenvalue weighted by atomic mass is 9.77. The van der Waals surface area contributed by atoms with Crippen molar-refractivity contribution >= 4 is 0 Å². The van der Waals surface area contributed by atoms with Crippen LogP contribution in [-0.4, -0.2) is 17.3 Å². The molecule has 0 heterocycles. The molecular weight excluding hydrogens is 236 g/mol. The average molecular weight is 262 g/mol. The van der Waals surface area contributed by atoms with Gasteiger partial charge in [-0.05, 0) is 50.3 Å². The van der Waals surface area contributed by atoms with Crippen molar-refractivity contribution in [1.82, 2.24) is 0 Å². The van der Waals surface area contributed by atoms with Crippen LogP contribution in [0.3, 0.4) is 0 Å². The summed E-state index contributed by atoms with van der Waals surface area (Å²) in [4.78, 5) is 0. The molecule has 0 spiro atoms. The predicted molar refractivity (Wildman–Crippen MR) is 78.3 cm³/mol. The number of rotatable bonds is 4. The van der Waals surface area contributed by atoms with Crippen molar-refractivity contribution in [3.05, 3.63) is 34.9 Å². The van der Waals surface area contributed by atoms with E-state index in [1.807, 2.05) is 19.1 Å². The number of hydrogen-bond acceptors (Lipinski definition) is 2. The van der Waals surface area contributed by atoms with E-state index in [0.29, 0.717) is 6.61 Å². The molecule has 0 aliphatic heterocycles. The fourth-order valence-corrected chi connectivity index (χ4v) is 3.29. The molecule has 1 fully saturated rings. The summed E-state index contributed by atoms with van der Waals surface area (Å²) in [6.45, 7) is 6.88. The van der Waals surface area contributed by atoms with Gasteiger partial charge >= 0.3 is 0 Å². The average Bonchev–Trinajstić information content (AvgIpc) is 2.42. The van der Waals surface area contributed by atoms with Gasteiger partial charge in [0.1, 0.15) is 6.10 Å². The number of aryl methyl sites for hydroxylation is 1. The third-order valence-corrected chi connectivity index (χ3v) is 4.57. The molecule has 0 bridgehead atoms. The topological polar surface area (TPSA) is 29.5 Å². The highest BCUT2D eigenvalue weighted by atomic mass is 16.5. The van der Waals surface area contributed by atoms with Crippen LogP contribution >= 0.6 is 0 Å². The Balaban J connectivity index is 2.33. The number of aliphatic hydroxyl groups is 1. The third-order valence-electron chi connectivity index (χ3n) is 4.57. The molecule has 1 aromatic carbocycles. The largest absolute Gasteiger partial charge is 0.385 e. The number of ether oxygens (including phenoxy) is 1. The normalized spacial score (nSPS) is 20.2. The van der Waals surface area contributed by atoms with Gasteiger partial charge in [0.25, 0.3) is 0 Å². The first-order valence-electron chi connectivity index (χ1n) is 7.49. The Morgan fingerprint density at radius 3 is 2.53 bits per heavy atom. The van der Waals surface area contributed by atoms with Crippen LogP contribution in [0.15, 0.2) is 18.2 Å². The Morgan fingerprint density at radius 1 is 1.21 bits per heavy atom. The Kier molecular flexibility index (Phi) is 4.64. The van der Waals surface area contributed by atoms with Crippen molar-refractivity contribution in [2.24, 2.45) is 0 Å². The number of aliphatic hydroxyl groups excluding tert-OH is 1. The van der Waals surface area contributed by atoms with Crippen molar-refractivity contribution < 1.29 is 9.84 Å². The van der Waals surface area contributed by atoms with Gasteiger partial charge in [0, 0.05) is 6.61 Å². The van der Waals surface area contributed by atoms with E-state index in [1.165, 1.54) is 17.5 Å². The fourth-order valence-electron chi connectivity index (χ4n) is 3.29. The highest BCUT2D eigenvalue weighted by Crippen LogP contribution is 2.42. The van der Waals surface area contributed by atoms with Crippen LogP contribution in [0.1, 0.15) is 61.8 Å². The highest BCUT2D eigenvalue weighted by molar-refractivity contribution is 5.36. The zero-order valence-corrected chi connectivity index (χ0v) is 12.4. The van der Waals surface area contributed by atoms with E-state index >= 15 is 0 Å². The molecule has 1 aliphatic carbocycles.